The Bertz CT molecular complexity index is 1030. The van der Waals surface area contributed by atoms with E-state index in [0.29, 0.717) is 5.56 Å². The van der Waals surface area contributed by atoms with Gasteiger partial charge >= 0.3 is 0 Å². The third-order valence-corrected chi connectivity index (χ3v) is 7.25. The zero-order valence-electron chi connectivity index (χ0n) is 14.7. The van der Waals surface area contributed by atoms with Crippen molar-refractivity contribution in [2.45, 2.75) is 29.2 Å². The topological polar surface area (TPSA) is 92.3 Å². The predicted molar refractivity (Wildman–Crippen MR) is 100 cm³/mol. The van der Waals surface area contributed by atoms with Crippen molar-refractivity contribution >= 4 is 19.9 Å². The molecule has 0 radical (unpaired) electrons. The lowest BCUT2D eigenvalue weighted by molar-refractivity contribution is 0.491. The molecule has 8 heteroatoms. The van der Waals surface area contributed by atoms with Crippen LogP contribution in [-0.2, 0) is 26.3 Å². The number of aryl methyl sites for hydroxylation is 1. The highest BCUT2D eigenvalue weighted by molar-refractivity contribution is 7.91. The molecule has 1 unspecified atom stereocenters. The van der Waals surface area contributed by atoms with Crippen LogP contribution in [0.3, 0.4) is 0 Å². The van der Waals surface area contributed by atoms with Gasteiger partial charge in [-0.25, -0.2) is 21.6 Å². The van der Waals surface area contributed by atoms with E-state index in [1.54, 1.807) is 6.92 Å². The molecule has 0 fully saturated rings. The summed E-state index contributed by atoms with van der Waals surface area (Å²) < 4.78 is 51.6. The maximum atomic E-state index is 12.8. The van der Waals surface area contributed by atoms with Crippen molar-refractivity contribution in [3.8, 4) is 0 Å². The predicted octanol–water partition coefficient (Wildman–Crippen LogP) is 1.56. The second-order valence-electron chi connectivity index (χ2n) is 6.51. The van der Waals surface area contributed by atoms with Crippen LogP contribution >= 0.6 is 0 Å². The van der Waals surface area contributed by atoms with E-state index < -0.39 is 19.9 Å². The molecule has 0 aliphatic carbocycles. The van der Waals surface area contributed by atoms with Gasteiger partial charge in [-0.1, -0.05) is 30.3 Å². The Morgan fingerprint density at radius 3 is 2.58 bits per heavy atom. The minimum absolute atomic E-state index is 0.00962. The van der Waals surface area contributed by atoms with Crippen LogP contribution in [0, 0.1) is 6.92 Å². The Balaban J connectivity index is 1.85. The van der Waals surface area contributed by atoms with Gasteiger partial charge < -0.3 is 5.32 Å². The number of benzene rings is 2. The molecule has 3 rings (SSSR count). The minimum atomic E-state index is -3.83. The molecule has 2 aromatic rings. The highest BCUT2D eigenvalue weighted by atomic mass is 32.2. The van der Waals surface area contributed by atoms with E-state index in [0.717, 1.165) is 24.8 Å². The molecule has 0 saturated heterocycles. The number of hydrogen-bond acceptors (Lipinski definition) is 5. The standard InChI is InChI=1S/C18H22N2O4S2/c1-13-7-8-15(25(2,21)22)11-18(13)26(23,24)20-12-17-16-6-4-3-5-14(16)9-10-19-17/h3-8,11,17,19-20H,9-10,12H2,1-2H3. The molecular formula is C18H22N2O4S2. The molecule has 1 aliphatic heterocycles. The summed E-state index contributed by atoms with van der Waals surface area (Å²) in [7, 11) is -7.31. The molecule has 26 heavy (non-hydrogen) atoms. The molecule has 0 amide bonds. The highest BCUT2D eigenvalue weighted by Gasteiger charge is 2.24. The monoisotopic (exact) mass is 394 g/mol. The van der Waals surface area contributed by atoms with Crippen molar-refractivity contribution < 1.29 is 16.8 Å². The van der Waals surface area contributed by atoms with Crippen molar-refractivity contribution in [3.05, 3.63) is 59.2 Å². The SMILES string of the molecule is Cc1ccc(S(C)(=O)=O)cc1S(=O)(=O)NCC1NCCc2ccccc21. The van der Waals surface area contributed by atoms with E-state index >= 15 is 0 Å². The summed E-state index contributed by atoms with van der Waals surface area (Å²) in [6.07, 6.45) is 1.97. The van der Waals surface area contributed by atoms with E-state index in [1.807, 2.05) is 18.2 Å². The van der Waals surface area contributed by atoms with Gasteiger partial charge in [-0.2, -0.15) is 0 Å². The number of sulfone groups is 1. The summed E-state index contributed by atoms with van der Waals surface area (Å²) >= 11 is 0. The average molecular weight is 395 g/mol. The molecule has 6 nitrogen and oxygen atoms in total. The van der Waals surface area contributed by atoms with Gasteiger partial charge in [0.05, 0.1) is 9.79 Å². The number of hydrogen-bond donors (Lipinski definition) is 2. The lowest BCUT2D eigenvalue weighted by Crippen LogP contribution is -2.39. The average Bonchev–Trinajstić information content (AvgIpc) is 2.59. The van der Waals surface area contributed by atoms with Crippen LogP contribution in [0.15, 0.2) is 52.3 Å². The first-order chi connectivity index (χ1) is 12.2. The molecule has 2 N–H and O–H groups in total. The lowest BCUT2D eigenvalue weighted by Gasteiger charge is -2.27. The number of sulfonamides is 1. The van der Waals surface area contributed by atoms with Crippen molar-refractivity contribution in [1.82, 2.24) is 10.0 Å². The Labute approximate surface area is 154 Å². The van der Waals surface area contributed by atoms with Crippen molar-refractivity contribution in [1.29, 1.82) is 0 Å². The van der Waals surface area contributed by atoms with Gasteiger partial charge in [-0.3, -0.25) is 0 Å². The second kappa shape index (κ2) is 7.11. The minimum Gasteiger partial charge on any atom is -0.308 e. The Kier molecular flexibility index (Phi) is 5.21. The largest absolute Gasteiger partial charge is 0.308 e. The van der Waals surface area contributed by atoms with Crippen LogP contribution in [0.25, 0.3) is 0 Å². The quantitative estimate of drug-likeness (QED) is 0.803. The molecule has 0 aromatic heterocycles. The van der Waals surface area contributed by atoms with Crippen LogP contribution in [0.1, 0.15) is 22.7 Å². The fourth-order valence-electron chi connectivity index (χ4n) is 3.15. The summed E-state index contributed by atoms with van der Waals surface area (Å²) in [5.41, 5.74) is 2.80. The fraction of sp³-hybridized carbons (Fsp3) is 0.333. The summed E-state index contributed by atoms with van der Waals surface area (Å²) in [5.74, 6) is 0. The first-order valence-corrected chi connectivity index (χ1v) is 11.7. The third-order valence-electron chi connectivity index (χ3n) is 4.57. The molecular weight excluding hydrogens is 372 g/mol. The van der Waals surface area contributed by atoms with Gasteiger partial charge in [-0.05, 0) is 48.7 Å². The summed E-state index contributed by atoms with van der Waals surface area (Å²) in [4.78, 5) is -0.0193. The van der Waals surface area contributed by atoms with Gasteiger partial charge in [0.25, 0.3) is 0 Å². The normalized spacial score (nSPS) is 17.7. The first-order valence-electron chi connectivity index (χ1n) is 8.30. The van der Waals surface area contributed by atoms with Crippen LogP contribution in [-0.4, -0.2) is 36.2 Å². The third kappa shape index (κ3) is 3.98. The van der Waals surface area contributed by atoms with Gasteiger partial charge in [0, 0.05) is 18.8 Å². The maximum Gasteiger partial charge on any atom is 0.240 e. The molecule has 1 atom stereocenters. The summed E-state index contributed by atoms with van der Waals surface area (Å²) in [6, 6.07) is 12.0. The number of fused-ring (bicyclic) bond motifs is 1. The van der Waals surface area contributed by atoms with Crippen LogP contribution in [0.5, 0.6) is 0 Å². The molecule has 1 heterocycles. The number of rotatable bonds is 5. The zero-order chi connectivity index (χ0) is 18.9. The van der Waals surface area contributed by atoms with Crippen molar-refractivity contribution in [3.63, 3.8) is 0 Å². The van der Waals surface area contributed by atoms with E-state index in [4.69, 9.17) is 0 Å². The van der Waals surface area contributed by atoms with E-state index in [2.05, 4.69) is 16.1 Å². The Morgan fingerprint density at radius 1 is 1.12 bits per heavy atom. The highest BCUT2D eigenvalue weighted by Crippen LogP contribution is 2.24. The summed E-state index contributed by atoms with van der Waals surface area (Å²) in [5, 5.41) is 3.33. The van der Waals surface area contributed by atoms with Gasteiger partial charge in [0.15, 0.2) is 9.84 Å². The lowest BCUT2D eigenvalue weighted by atomic mass is 9.95. The molecule has 2 aromatic carbocycles. The van der Waals surface area contributed by atoms with E-state index in [1.165, 1.54) is 23.8 Å². The Hall–Kier alpha value is -1.74. The second-order valence-corrected chi connectivity index (χ2v) is 10.3. The zero-order valence-corrected chi connectivity index (χ0v) is 16.3. The van der Waals surface area contributed by atoms with Crippen molar-refractivity contribution in [2.24, 2.45) is 0 Å². The van der Waals surface area contributed by atoms with Crippen LogP contribution in [0.2, 0.25) is 0 Å². The van der Waals surface area contributed by atoms with Gasteiger partial charge in [0.1, 0.15) is 0 Å². The smallest absolute Gasteiger partial charge is 0.240 e. The molecule has 0 bridgehead atoms. The molecule has 140 valence electrons. The van der Waals surface area contributed by atoms with Crippen LogP contribution in [0.4, 0.5) is 0 Å². The molecule has 0 spiro atoms. The van der Waals surface area contributed by atoms with Gasteiger partial charge in [-0.15, -0.1) is 0 Å². The maximum absolute atomic E-state index is 12.8. The molecule has 0 saturated carbocycles. The van der Waals surface area contributed by atoms with E-state index in [-0.39, 0.29) is 22.4 Å². The summed E-state index contributed by atoms with van der Waals surface area (Å²) in [6.45, 7) is 2.63. The number of nitrogens with one attached hydrogen (secondary N) is 2. The van der Waals surface area contributed by atoms with Gasteiger partial charge in [0.2, 0.25) is 10.0 Å². The van der Waals surface area contributed by atoms with E-state index in [9.17, 15) is 16.8 Å². The molecule has 1 aliphatic rings. The Morgan fingerprint density at radius 2 is 1.85 bits per heavy atom. The fourth-order valence-corrected chi connectivity index (χ4v) is 5.18. The van der Waals surface area contributed by atoms with Crippen LogP contribution < -0.4 is 10.0 Å². The van der Waals surface area contributed by atoms with Crippen molar-refractivity contribution in [2.75, 3.05) is 19.3 Å². The first kappa shape index (κ1) is 19.0.